The van der Waals surface area contributed by atoms with Crippen molar-refractivity contribution in [1.29, 1.82) is 0 Å². The van der Waals surface area contributed by atoms with Crippen LogP contribution in [0.3, 0.4) is 0 Å². The minimum absolute atomic E-state index is 0.300. The van der Waals surface area contributed by atoms with Crippen LogP contribution in [-0.4, -0.2) is 38.6 Å². The summed E-state index contributed by atoms with van der Waals surface area (Å²) in [5.74, 6) is 0. The molecule has 0 aromatic heterocycles. The Kier molecular flexibility index (Phi) is 11.0. The van der Waals surface area contributed by atoms with E-state index in [1.165, 1.54) is 0 Å². The molecular formula is C12H23NO5. The molecule has 6 heteroatoms. The van der Waals surface area contributed by atoms with E-state index in [1.54, 1.807) is 0 Å². The minimum atomic E-state index is -0.632. The van der Waals surface area contributed by atoms with Crippen molar-refractivity contribution in [3.63, 3.8) is 0 Å². The predicted molar refractivity (Wildman–Crippen MR) is 66.5 cm³/mol. The number of ether oxygens (including phenoxy) is 3. The average molecular weight is 261 g/mol. The highest BCUT2D eigenvalue weighted by molar-refractivity contribution is 5.66. The van der Waals surface area contributed by atoms with Crippen LogP contribution in [0.25, 0.3) is 0 Å². The van der Waals surface area contributed by atoms with Crippen LogP contribution in [0.15, 0.2) is 0 Å². The summed E-state index contributed by atoms with van der Waals surface area (Å²) in [5.41, 5.74) is 0. The topological polar surface area (TPSA) is 73.9 Å². The van der Waals surface area contributed by atoms with Crippen LogP contribution < -0.4 is 5.32 Å². The lowest BCUT2D eigenvalue weighted by Crippen LogP contribution is -2.25. The number of nitrogens with one attached hydrogen (secondary N) is 1. The maximum Gasteiger partial charge on any atom is 0.508 e. The van der Waals surface area contributed by atoms with E-state index in [1.807, 2.05) is 13.8 Å². The summed E-state index contributed by atoms with van der Waals surface area (Å²) in [7, 11) is 0. The smallest absolute Gasteiger partial charge is 0.450 e. The normalized spacial score (nSPS) is 9.67. The fourth-order valence-electron chi connectivity index (χ4n) is 1.05. The number of carbonyl (C=O) groups excluding carboxylic acids is 2. The van der Waals surface area contributed by atoms with Gasteiger partial charge in [0.25, 0.3) is 0 Å². The molecule has 0 saturated carbocycles. The first kappa shape index (κ1) is 16.5. The number of unbranched alkanes of at least 4 members (excludes halogenated alkanes) is 1. The zero-order chi connectivity index (χ0) is 13.6. The fourth-order valence-corrected chi connectivity index (χ4v) is 1.05. The summed E-state index contributed by atoms with van der Waals surface area (Å²) in [6.45, 7) is 5.46. The van der Waals surface area contributed by atoms with Gasteiger partial charge in [-0.2, -0.15) is 0 Å². The van der Waals surface area contributed by atoms with Gasteiger partial charge in [0, 0.05) is 6.54 Å². The summed E-state index contributed by atoms with van der Waals surface area (Å²) in [5, 5.41) is 2.61. The van der Waals surface area contributed by atoms with Crippen LogP contribution in [0.4, 0.5) is 9.59 Å². The lowest BCUT2D eigenvalue weighted by molar-refractivity contribution is 0.0542. The Morgan fingerprint density at radius 1 is 0.889 bits per heavy atom. The van der Waals surface area contributed by atoms with Crippen LogP contribution in [0, 0.1) is 0 Å². The van der Waals surface area contributed by atoms with Crippen LogP contribution >= 0.6 is 0 Å². The summed E-state index contributed by atoms with van der Waals surface area (Å²) < 4.78 is 14.4. The highest BCUT2D eigenvalue weighted by Crippen LogP contribution is 1.93. The monoisotopic (exact) mass is 261 g/mol. The average Bonchev–Trinajstić information content (AvgIpc) is 2.37. The molecule has 0 bridgehead atoms. The third kappa shape index (κ3) is 11.0. The lowest BCUT2D eigenvalue weighted by atomic mass is 10.3. The van der Waals surface area contributed by atoms with E-state index < -0.39 is 12.2 Å². The largest absolute Gasteiger partial charge is 0.508 e. The molecule has 6 nitrogen and oxygen atoms in total. The quantitative estimate of drug-likeness (QED) is 0.510. The Hall–Kier alpha value is -1.46. The number of carbonyl (C=O) groups is 2. The Bertz CT molecular complexity index is 209. The van der Waals surface area contributed by atoms with E-state index >= 15 is 0 Å². The van der Waals surface area contributed by atoms with Crippen molar-refractivity contribution in [2.75, 3.05) is 26.4 Å². The highest BCUT2D eigenvalue weighted by Gasteiger charge is 2.02. The summed E-state index contributed by atoms with van der Waals surface area (Å²) in [6.07, 6.45) is 1.95. The Balaban J connectivity index is 3.25. The first-order valence-electron chi connectivity index (χ1n) is 6.40. The summed E-state index contributed by atoms with van der Waals surface area (Å²) in [6, 6.07) is 0. The molecule has 0 atom stereocenters. The van der Waals surface area contributed by atoms with Gasteiger partial charge in [-0.1, -0.05) is 13.8 Å². The maximum atomic E-state index is 11.0. The van der Waals surface area contributed by atoms with Crippen molar-refractivity contribution in [3.05, 3.63) is 0 Å². The Morgan fingerprint density at radius 2 is 1.50 bits per heavy atom. The maximum absolute atomic E-state index is 11.0. The SMILES string of the molecule is CCCOC(=O)NCCCCOC(=O)OCCC. The third-order valence-electron chi connectivity index (χ3n) is 1.92. The van der Waals surface area contributed by atoms with Crippen molar-refractivity contribution in [2.45, 2.75) is 39.5 Å². The van der Waals surface area contributed by atoms with Gasteiger partial charge in [-0.15, -0.1) is 0 Å². The number of alkyl carbamates (subject to hydrolysis) is 1. The Morgan fingerprint density at radius 3 is 2.17 bits per heavy atom. The standard InChI is InChI=1S/C12H23NO5/c1-3-8-16-11(14)13-7-5-6-10-18-12(15)17-9-4-2/h3-10H2,1-2H3,(H,13,14). The molecule has 0 saturated heterocycles. The van der Waals surface area contributed by atoms with Crippen molar-refractivity contribution in [1.82, 2.24) is 5.32 Å². The van der Waals surface area contributed by atoms with Crippen molar-refractivity contribution < 1.29 is 23.8 Å². The second-order valence-corrected chi connectivity index (χ2v) is 3.72. The second kappa shape index (κ2) is 12.0. The van der Waals surface area contributed by atoms with E-state index in [2.05, 4.69) is 5.32 Å². The number of rotatable bonds is 9. The minimum Gasteiger partial charge on any atom is -0.450 e. The molecule has 106 valence electrons. The van der Waals surface area contributed by atoms with Gasteiger partial charge >= 0.3 is 12.2 Å². The molecule has 0 aliphatic heterocycles. The molecule has 0 rings (SSSR count). The number of amides is 1. The van der Waals surface area contributed by atoms with Crippen molar-refractivity contribution in [3.8, 4) is 0 Å². The van der Waals surface area contributed by atoms with Gasteiger partial charge < -0.3 is 19.5 Å². The molecule has 0 unspecified atom stereocenters. The van der Waals surface area contributed by atoms with Gasteiger partial charge in [-0.25, -0.2) is 9.59 Å². The van der Waals surface area contributed by atoms with Crippen molar-refractivity contribution in [2.24, 2.45) is 0 Å². The number of hydrogen-bond donors (Lipinski definition) is 1. The molecule has 0 radical (unpaired) electrons. The molecule has 0 fully saturated rings. The van der Waals surface area contributed by atoms with Gasteiger partial charge in [0.15, 0.2) is 0 Å². The van der Waals surface area contributed by atoms with Gasteiger partial charge in [-0.05, 0) is 25.7 Å². The zero-order valence-corrected chi connectivity index (χ0v) is 11.2. The van der Waals surface area contributed by atoms with Crippen LogP contribution in [0.1, 0.15) is 39.5 Å². The third-order valence-corrected chi connectivity index (χ3v) is 1.92. The molecule has 0 aromatic carbocycles. The van der Waals surface area contributed by atoms with E-state index in [4.69, 9.17) is 14.2 Å². The Labute approximate surface area is 108 Å². The molecular weight excluding hydrogens is 238 g/mol. The first-order valence-corrected chi connectivity index (χ1v) is 6.40. The molecule has 0 spiro atoms. The van der Waals surface area contributed by atoms with Crippen molar-refractivity contribution >= 4 is 12.2 Å². The van der Waals surface area contributed by atoms with Crippen LogP contribution in [0.2, 0.25) is 0 Å². The summed E-state index contributed by atoms with van der Waals surface area (Å²) >= 11 is 0. The van der Waals surface area contributed by atoms with Gasteiger partial charge in [0.05, 0.1) is 19.8 Å². The van der Waals surface area contributed by atoms with Crippen LogP contribution in [0.5, 0.6) is 0 Å². The molecule has 0 aliphatic carbocycles. The van der Waals surface area contributed by atoms with E-state index in [0.29, 0.717) is 32.8 Å². The van der Waals surface area contributed by atoms with Gasteiger partial charge in [0.1, 0.15) is 0 Å². The fraction of sp³-hybridized carbons (Fsp3) is 0.833. The van der Waals surface area contributed by atoms with Gasteiger partial charge in [0.2, 0.25) is 0 Å². The molecule has 0 heterocycles. The lowest BCUT2D eigenvalue weighted by Gasteiger charge is -2.06. The number of hydrogen-bond acceptors (Lipinski definition) is 5. The van der Waals surface area contributed by atoms with Crippen LogP contribution in [-0.2, 0) is 14.2 Å². The molecule has 0 aromatic rings. The first-order chi connectivity index (χ1) is 8.70. The molecule has 1 amide bonds. The molecule has 0 aliphatic rings. The molecule has 1 N–H and O–H groups in total. The summed E-state index contributed by atoms with van der Waals surface area (Å²) in [4.78, 5) is 21.9. The second-order valence-electron chi connectivity index (χ2n) is 3.72. The zero-order valence-electron chi connectivity index (χ0n) is 11.2. The van der Waals surface area contributed by atoms with E-state index in [0.717, 1.165) is 19.3 Å². The highest BCUT2D eigenvalue weighted by atomic mass is 16.7. The predicted octanol–water partition coefficient (Wildman–Crippen LogP) is 2.47. The van der Waals surface area contributed by atoms with E-state index in [9.17, 15) is 9.59 Å². The molecule has 18 heavy (non-hydrogen) atoms. The van der Waals surface area contributed by atoms with E-state index in [-0.39, 0.29) is 0 Å². The van der Waals surface area contributed by atoms with Gasteiger partial charge in [-0.3, -0.25) is 0 Å².